The highest BCUT2D eigenvalue weighted by atomic mass is 35.5. The molecule has 0 aliphatic carbocycles. The van der Waals surface area contributed by atoms with Gasteiger partial charge in [0.05, 0.1) is 12.1 Å². The topological polar surface area (TPSA) is 84.7 Å². The highest BCUT2D eigenvalue weighted by molar-refractivity contribution is 6.00. The number of benzene rings is 1. The maximum atomic E-state index is 12.6. The molecule has 1 saturated heterocycles. The van der Waals surface area contributed by atoms with Crippen molar-refractivity contribution < 1.29 is 14.3 Å². The number of ether oxygens (including phenoxy) is 1. The summed E-state index contributed by atoms with van der Waals surface area (Å²) in [6, 6.07) is 7.30. The highest BCUT2D eigenvalue weighted by Crippen LogP contribution is 2.30. The molecule has 3 rings (SSSR count). The van der Waals surface area contributed by atoms with E-state index in [2.05, 4.69) is 12.2 Å². The molecule has 3 N–H and O–H groups in total. The van der Waals surface area contributed by atoms with E-state index < -0.39 is 6.10 Å². The lowest BCUT2D eigenvalue weighted by molar-refractivity contribution is -0.140. The van der Waals surface area contributed by atoms with Gasteiger partial charge in [-0.1, -0.05) is 19.1 Å². The number of carbonyl (C=O) groups excluding carboxylic acids is 2. The van der Waals surface area contributed by atoms with Crippen molar-refractivity contribution in [1.82, 2.24) is 4.90 Å². The fraction of sp³-hybridized carbons (Fsp3) is 0.529. The smallest absolute Gasteiger partial charge is 0.266 e. The van der Waals surface area contributed by atoms with E-state index in [1.165, 1.54) is 0 Å². The summed E-state index contributed by atoms with van der Waals surface area (Å²) in [5.41, 5.74) is 6.46. The zero-order valence-electron chi connectivity index (χ0n) is 13.7. The zero-order chi connectivity index (χ0) is 16.4. The largest absolute Gasteiger partial charge is 0.478 e. The summed E-state index contributed by atoms with van der Waals surface area (Å²) in [6.45, 7) is 3.34. The lowest BCUT2D eigenvalue weighted by atomic mass is 9.92. The predicted molar refractivity (Wildman–Crippen MR) is 94.3 cm³/mol. The molecule has 3 unspecified atom stereocenters. The van der Waals surface area contributed by atoms with Crippen molar-refractivity contribution in [2.24, 2.45) is 11.7 Å². The molecule has 2 heterocycles. The van der Waals surface area contributed by atoms with Crippen LogP contribution in [0.4, 0.5) is 5.69 Å². The molecule has 1 fully saturated rings. The van der Waals surface area contributed by atoms with Crippen LogP contribution in [0.25, 0.3) is 0 Å². The van der Waals surface area contributed by atoms with Crippen LogP contribution in [0, 0.1) is 5.92 Å². The van der Waals surface area contributed by atoms with E-state index in [4.69, 9.17) is 10.5 Å². The number of carbonyl (C=O) groups is 2. The number of amides is 2. The number of nitrogens with one attached hydrogen (secondary N) is 1. The van der Waals surface area contributed by atoms with Crippen LogP contribution in [0.2, 0.25) is 0 Å². The number of hydrogen-bond acceptors (Lipinski definition) is 4. The maximum absolute atomic E-state index is 12.6. The molecular weight excluding hydrogens is 330 g/mol. The van der Waals surface area contributed by atoms with Crippen LogP contribution in [0.3, 0.4) is 0 Å². The Kier molecular flexibility index (Phi) is 6.07. The monoisotopic (exact) mass is 353 g/mol. The second kappa shape index (κ2) is 7.85. The summed E-state index contributed by atoms with van der Waals surface area (Å²) in [5.74, 6) is 0.847. The molecule has 0 spiro atoms. The van der Waals surface area contributed by atoms with Crippen LogP contribution in [-0.2, 0) is 9.59 Å². The van der Waals surface area contributed by atoms with E-state index in [0.29, 0.717) is 30.4 Å². The Morgan fingerprint density at radius 3 is 2.92 bits per heavy atom. The number of nitrogens with zero attached hydrogens (tertiary/aromatic N) is 1. The first-order valence-corrected chi connectivity index (χ1v) is 8.14. The number of piperidine rings is 1. The molecule has 7 heteroatoms. The molecule has 6 nitrogen and oxygen atoms in total. The first-order chi connectivity index (χ1) is 11.1. The average Bonchev–Trinajstić information content (AvgIpc) is 2.55. The van der Waals surface area contributed by atoms with E-state index in [1.54, 1.807) is 12.1 Å². The number of likely N-dealkylation sites (tertiary alicyclic amines) is 1. The van der Waals surface area contributed by atoms with Gasteiger partial charge in [0.25, 0.3) is 5.91 Å². The molecule has 0 bridgehead atoms. The van der Waals surface area contributed by atoms with Crippen LogP contribution in [0.1, 0.15) is 26.2 Å². The summed E-state index contributed by atoms with van der Waals surface area (Å²) in [6.07, 6.45) is 1.16. The summed E-state index contributed by atoms with van der Waals surface area (Å²) in [5, 5.41) is 2.79. The maximum Gasteiger partial charge on any atom is 0.266 e. The van der Waals surface area contributed by atoms with E-state index >= 15 is 0 Å². The van der Waals surface area contributed by atoms with Gasteiger partial charge in [-0.2, -0.15) is 0 Å². The van der Waals surface area contributed by atoms with Crippen molar-refractivity contribution in [3.05, 3.63) is 24.3 Å². The van der Waals surface area contributed by atoms with E-state index in [-0.39, 0.29) is 36.7 Å². The Balaban J connectivity index is 0.00000208. The fourth-order valence-electron chi connectivity index (χ4n) is 3.31. The van der Waals surface area contributed by atoms with Crippen molar-refractivity contribution in [1.29, 1.82) is 0 Å². The number of rotatable bonds is 3. The molecule has 1 aromatic carbocycles. The van der Waals surface area contributed by atoms with Gasteiger partial charge in [-0.25, -0.2) is 0 Å². The predicted octanol–water partition coefficient (Wildman–Crippen LogP) is 1.78. The van der Waals surface area contributed by atoms with Crippen molar-refractivity contribution in [2.75, 3.05) is 18.4 Å². The minimum Gasteiger partial charge on any atom is -0.478 e. The summed E-state index contributed by atoms with van der Waals surface area (Å²) < 4.78 is 5.70. The van der Waals surface area contributed by atoms with Crippen LogP contribution < -0.4 is 15.8 Å². The second-order valence-electron chi connectivity index (χ2n) is 6.40. The molecule has 132 valence electrons. The second-order valence-corrected chi connectivity index (χ2v) is 6.40. The zero-order valence-corrected chi connectivity index (χ0v) is 14.6. The molecule has 3 atom stereocenters. The third kappa shape index (κ3) is 3.82. The molecule has 24 heavy (non-hydrogen) atoms. The van der Waals surface area contributed by atoms with Crippen LogP contribution in [-0.4, -0.2) is 41.9 Å². The van der Waals surface area contributed by atoms with Gasteiger partial charge in [0.2, 0.25) is 5.91 Å². The molecule has 0 saturated carbocycles. The van der Waals surface area contributed by atoms with Crippen molar-refractivity contribution in [3.63, 3.8) is 0 Å². The fourth-order valence-corrected chi connectivity index (χ4v) is 3.31. The number of hydrogen-bond donors (Lipinski definition) is 2. The average molecular weight is 354 g/mol. The standard InChI is InChI=1S/C17H23N3O3.ClH/c1-11-6-7-20(12(8-11)10-18)16(21)9-15-17(22)19-13-4-2-3-5-14(13)23-15;/h2-5,11-12,15H,6-10,18H2,1H3,(H,19,22);1H. The van der Waals surface area contributed by atoms with Gasteiger partial charge < -0.3 is 20.7 Å². The Hall–Kier alpha value is -1.79. The van der Waals surface area contributed by atoms with Crippen molar-refractivity contribution in [2.45, 2.75) is 38.3 Å². The summed E-state index contributed by atoms with van der Waals surface area (Å²) >= 11 is 0. The molecular formula is C17H24ClN3O3. The van der Waals surface area contributed by atoms with Gasteiger partial charge in [0.1, 0.15) is 5.75 Å². The minimum absolute atomic E-state index is 0. The van der Waals surface area contributed by atoms with Crippen molar-refractivity contribution in [3.8, 4) is 5.75 Å². The first kappa shape index (κ1) is 18.5. The Morgan fingerprint density at radius 1 is 1.42 bits per heavy atom. The van der Waals surface area contributed by atoms with Crippen LogP contribution >= 0.6 is 12.4 Å². The lowest BCUT2D eigenvalue weighted by Gasteiger charge is -2.38. The highest BCUT2D eigenvalue weighted by Gasteiger charge is 2.34. The summed E-state index contributed by atoms with van der Waals surface area (Å²) in [4.78, 5) is 26.6. The van der Waals surface area contributed by atoms with E-state index in [1.807, 2.05) is 17.0 Å². The van der Waals surface area contributed by atoms with Gasteiger partial charge in [0, 0.05) is 19.1 Å². The number of nitrogens with two attached hydrogens (primary N) is 1. The van der Waals surface area contributed by atoms with Crippen LogP contribution in [0.15, 0.2) is 24.3 Å². The van der Waals surface area contributed by atoms with Gasteiger partial charge in [-0.05, 0) is 30.9 Å². The normalized spacial score (nSPS) is 25.8. The van der Waals surface area contributed by atoms with Crippen molar-refractivity contribution >= 4 is 29.9 Å². The SMILES string of the molecule is CC1CCN(C(=O)CC2Oc3ccccc3NC2=O)C(CN)C1.Cl. The van der Waals surface area contributed by atoms with Crippen LogP contribution in [0.5, 0.6) is 5.75 Å². The van der Waals surface area contributed by atoms with Gasteiger partial charge in [0.15, 0.2) is 6.10 Å². The minimum atomic E-state index is -0.782. The van der Waals surface area contributed by atoms with Gasteiger partial charge in [-0.3, -0.25) is 9.59 Å². The number of para-hydroxylation sites is 2. The first-order valence-electron chi connectivity index (χ1n) is 8.14. The van der Waals surface area contributed by atoms with Gasteiger partial charge in [-0.15, -0.1) is 12.4 Å². The Morgan fingerprint density at radius 2 is 2.17 bits per heavy atom. The number of fused-ring (bicyclic) bond motifs is 1. The molecule has 0 radical (unpaired) electrons. The Labute approximate surface area is 148 Å². The molecule has 2 aliphatic heterocycles. The number of halogens is 1. The van der Waals surface area contributed by atoms with E-state index in [9.17, 15) is 9.59 Å². The molecule has 2 aliphatic rings. The quantitative estimate of drug-likeness (QED) is 0.867. The number of anilines is 1. The molecule has 2 amide bonds. The third-order valence-corrected chi connectivity index (χ3v) is 4.64. The summed E-state index contributed by atoms with van der Waals surface area (Å²) in [7, 11) is 0. The lowest BCUT2D eigenvalue weighted by Crippen LogP contribution is -2.51. The third-order valence-electron chi connectivity index (χ3n) is 4.64. The van der Waals surface area contributed by atoms with Gasteiger partial charge >= 0.3 is 0 Å². The van der Waals surface area contributed by atoms with E-state index in [0.717, 1.165) is 12.8 Å². The Bertz CT molecular complexity index is 610. The molecule has 1 aromatic rings. The molecule has 0 aromatic heterocycles.